The number of hydrogen-bond acceptors (Lipinski definition) is 4. The lowest BCUT2D eigenvalue weighted by molar-refractivity contribution is 0.309. The second-order valence-corrected chi connectivity index (χ2v) is 3.80. The normalized spacial score (nSPS) is 10.4. The van der Waals surface area contributed by atoms with Crippen LogP contribution in [0.25, 0.3) is 11.3 Å². The molecule has 90 valence electrons. The number of unbranched alkanes of at least 4 members (excludes halogenated alkanes) is 1. The Hall–Kier alpha value is -1.97. The Balaban J connectivity index is 2.02. The summed E-state index contributed by atoms with van der Waals surface area (Å²) in [5, 5.41) is 0. The number of oxazole rings is 1. The largest absolute Gasteiger partial charge is 0.494 e. The molecule has 0 atom stereocenters. The number of nitrogens with two attached hydrogens (primary N) is 1. The summed E-state index contributed by atoms with van der Waals surface area (Å²) in [6, 6.07) is 7.92. The predicted octanol–water partition coefficient (Wildman–Crippen LogP) is 3.10. The number of nitrogen functional groups attached to an aromatic ring is 1. The van der Waals surface area contributed by atoms with Gasteiger partial charge in [0.15, 0.2) is 0 Å². The summed E-state index contributed by atoms with van der Waals surface area (Å²) >= 11 is 0. The van der Waals surface area contributed by atoms with Crippen molar-refractivity contribution in [3.05, 3.63) is 30.5 Å². The van der Waals surface area contributed by atoms with Crippen molar-refractivity contribution in [3.63, 3.8) is 0 Å². The number of benzene rings is 1. The minimum atomic E-state index is 0.184. The molecule has 0 aliphatic carbocycles. The van der Waals surface area contributed by atoms with Gasteiger partial charge >= 0.3 is 0 Å². The fourth-order valence-corrected chi connectivity index (χ4v) is 1.48. The van der Waals surface area contributed by atoms with Crippen LogP contribution < -0.4 is 10.5 Å². The van der Waals surface area contributed by atoms with Gasteiger partial charge in [-0.3, -0.25) is 0 Å². The molecule has 2 rings (SSSR count). The third kappa shape index (κ3) is 3.00. The Bertz CT molecular complexity index is 463. The Morgan fingerprint density at radius 2 is 2.06 bits per heavy atom. The molecule has 0 aliphatic heterocycles. The molecule has 0 saturated carbocycles. The number of aromatic nitrogens is 1. The highest BCUT2D eigenvalue weighted by atomic mass is 16.5. The quantitative estimate of drug-likeness (QED) is 0.804. The second kappa shape index (κ2) is 5.39. The van der Waals surface area contributed by atoms with Crippen molar-refractivity contribution in [2.45, 2.75) is 19.8 Å². The molecule has 17 heavy (non-hydrogen) atoms. The van der Waals surface area contributed by atoms with Crippen molar-refractivity contribution in [2.24, 2.45) is 0 Å². The molecule has 0 unspecified atom stereocenters. The summed E-state index contributed by atoms with van der Waals surface area (Å²) in [6.07, 6.45) is 3.75. The summed E-state index contributed by atoms with van der Waals surface area (Å²) in [4.78, 5) is 4.06. The zero-order valence-corrected chi connectivity index (χ0v) is 9.85. The van der Waals surface area contributed by atoms with Crippen LogP contribution in [0.4, 0.5) is 6.01 Å². The molecule has 0 fully saturated rings. The fourth-order valence-electron chi connectivity index (χ4n) is 1.48. The molecule has 0 saturated heterocycles. The number of hydrogen-bond donors (Lipinski definition) is 1. The highest BCUT2D eigenvalue weighted by Gasteiger charge is 2.03. The van der Waals surface area contributed by atoms with Crippen LogP contribution in [0.2, 0.25) is 0 Å². The molecule has 0 spiro atoms. The topological polar surface area (TPSA) is 61.3 Å². The van der Waals surface area contributed by atoms with Crippen LogP contribution >= 0.6 is 0 Å². The lowest BCUT2D eigenvalue weighted by Gasteiger charge is -2.05. The Morgan fingerprint density at radius 1 is 1.29 bits per heavy atom. The van der Waals surface area contributed by atoms with E-state index in [4.69, 9.17) is 14.9 Å². The molecular weight excluding hydrogens is 216 g/mol. The number of rotatable bonds is 5. The maximum Gasteiger partial charge on any atom is 0.292 e. The Labute approximate surface area is 100 Å². The SMILES string of the molecule is CCCCOc1ccc(-c2coc(N)n2)cc1. The van der Waals surface area contributed by atoms with Gasteiger partial charge in [0.1, 0.15) is 17.7 Å². The van der Waals surface area contributed by atoms with Gasteiger partial charge in [0.2, 0.25) is 0 Å². The lowest BCUT2D eigenvalue weighted by Crippen LogP contribution is -1.95. The van der Waals surface area contributed by atoms with E-state index in [9.17, 15) is 0 Å². The second-order valence-electron chi connectivity index (χ2n) is 3.80. The first-order chi connectivity index (χ1) is 8.29. The first kappa shape index (κ1) is 11.5. The first-order valence-electron chi connectivity index (χ1n) is 5.74. The molecule has 4 heteroatoms. The average Bonchev–Trinajstić information content (AvgIpc) is 2.77. The monoisotopic (exact) mass is 232 g/mol. The van der Waals surface area contributed by atoms with Gasteiger partial charge in [-0.05, 0) is 30.7 Å². The van der Waals surface area contributed by atoms with Crippen LogP contribution in [0.5, 0.6) is 5.75 Å². The average molecular weight is 232 g/mol. The van der Waals surface area contributed by atoms with E-state index in [-0.39, 0.29) is 6.01 Å². The number of anilines is 1. The van der Waals surface area contributed by atoms with Crippen LogP contribution in [0, 0.1) is 0 Å². The highest BCUT2D eigenvalue weighted by molar-refractivity contribution is 5.59. The summed E-state index contributed by atoms with van der Waals surface area (Å²) in [5.41, 5.74) is 7.13. The summed E-state index contributed by atoms with van der Waals surface area (Å²) in [7, 11) is 0. The minimum Gasteiger partial charge on any atom is -0.494 e. The van der Waals surface area contributed by atoms with Crippen molar-refractivity contribution < 1.29 is 9.15 Å². The summed E-state index contributed by atoms with van der Waals surface area (Å²) in [6.45, 7) is 2.90. The molecule has 0 radical (unpaired) electrons. The van der Waals surface area contributed by atoms with Gasteiger partial charge in [-0.25, -0.2) is 0 Å². The van der Waals surface area contributed by atoms with E-state index in [1.807, 2.05) is 24.3 Å². The van der Waals surface area contributed by atoms with Gasteiger partial charge in [0, 0.05) is 5.56 Å². The van der Waals surface area contributed by atoms with E-state index in [1.165, 1.54) is 0 Å². The smallest absolute Gasteiger partial charge is 0.292 e. The van der Waals surface area contributed by atoms with Crippen LogP contribution in [-0.4, -0.2) is 11.6 Å². The third-order valence-electron chi connectivity index (χ3n) is 2.44. The van der Waals surface area contributed by atoms with E-state index in [0.29, 0.717) is 0 Å². The van der Waals surface area contributed by atoms with E-state index in [1.54, 1.807) is 6.26 Å². The Kier molecular flexibility index (Phi) is 3.65. The van der Waals surface area contributed by atoms with Crippen molar-refractivity contribution in [1.82, 2.24) is 4.98 Å². The lowest BCUT2D eigenvalue weighted by atomic mass is 10.2. The molecule has 2 N–H and O–H groups in total. The van der Waals surface area contributed by atoms with Gasteiger partial charge in [0.25, 0.3) is 6.01 Å². The highest BCUT2D eigenvalue weighted by Crippen LogP contribution is 2.22. The predicted molar refractivity (Wildman–Crippen MR) is 66.8 cm³/mol. The van der Waals surface area contributed by atoms with Crippen molar-refractivity contribution >= 4 is 6.01 Å². The molecule has 4 nitrogen and oxygen atoms in total. The molecule has 0 amide bonds. The van der Waals surface area contributed by atoms with Gasteiger partial charge in [-0.2, -0.15) is 4.98 Å². The van der Waals surface area contributed by atoms with Crippen molar-refractivity contribution in [2.75, 3.05) is 12.3 Å². The minimum absolute atomic E-state index is 0.184. The van der Waals surface area contributed by atoms with Crippen LogP contribution in [0.3, 0.4) is 0 Å². The van der Waals surface area contributed by atoms with Gasteiger partial charge in [-0.1, -0.05) is 13.3 Å². The van der Waals surface area contributed by atoms with Gasteiger partial charge < -0.3 is 14.9 Å². The molecule has 0 bridgehead atoms. The molecule has 0 aliphatic rings. The zero-order valence-electron chi connectivity index (χ0n) is 9.85. The van der Waals surface area contributed by atoms with Crippen LogP contribution in [0.15, 0.2) is 34.9 Å². The van der Waals surface area contributed by atoms with Gasteiger partial charge in [-0.15, -0.1) is 0 Å². The van der Waals surface area contributed by atoms with Gasteiger partial charge in [0.05, 0.1) is 6.61 Å². The molecule has 1 heterocycles. The summed E-state index contributed by atoms with van der Waals surface area (Å²) < 4.78 is 10.5. The number of nitrogens with zero attached hydrogens (tertiary/aromatic N) is 1. The molecular formula is C13H16N2O2. The Morgan fingerprint density at radius 3 is 2.65 bits per heavy atom. The van der Waals surface area contributed by atoms with Crippen LogP contribution in [0.1, 0.15) is 19.8 Å². The molecule has 2 aromatic rings. The zero-order chi connectivity index (χ0) is 12.1. The van der Waals surface area contributed by atoms with E-state index in [0.717, 1.165) is 36.5 Å². The summed E-state index contributed by atoms with van der Waals surface area (Å²) in [5.74, 6) is 0.874. The fraction of sp³-hybridized carbons (Fsp3) is 0.308. The molecule has 1 aromatic heterocycles. The standard InChI is InChI=1S/C13H16N2O2/c1-2-3-8-16-11-6-4-10(5-7-11)12-9-17-13(14)15-12/h4-7,9H,2-3,8H2,1H3,(H2,14,15). The maximum atomic E-state index is 5.57. The van der Waals surface area contributed by atoms with E-state index >= 15 is 0 Å². The number of ether oxygens (including phenoxy) is 1. The van der Waals surface area contributed by atoms with E-state index in [2.05, 4.69) is 11.9 Å². The van der Waals surface area contributed by atoms with Crippen molar-refractivity contribution in [3.8, 4) is 17.0 Å². The third-order valence-corrected chi connectivity index (χ3v) is 2.44. The van der Waals surface area contributed by atoms with E-state index < -0.39 is 0 Å². The van der Waals surface area contributed by atoms with Crippen LogP contribution in [-0.2, 0) is 0 Å². The first-order valence-corrected chi connectivity index (χ1v) is 5.74. The molecule has 1 aromatic carbocycles. The maximum absolute atomic E-state index is 5.57. The van der Waals surface area contributed by atoms with Crippen molar-refractivity contribution in [1.29, 1.82) is 0 Å².